The predicted octanol–water partition coefficient (Wildman–Crippen LogP) is 4.73. The van der Waals surface area contributed by atoms with E-state index in [2.05, 4.69) is 10.2 Å². The molecule has 1 aromatic heterocycles. The summed E-state index contributed by atoms with van der Waals surface area (Å²) in [6.07, 6.45) is 0. The van der Waals surface area contributed by atoms with Crippen molar-refractivity contribution >= 4 is 29.1 Å². The van der Waals surface area contributed by atoms with Crippen molar-refractivity contribution in [3.05, 3.63) is 64.2 Å². The molecule has 0 saturated carbocycles. The maximum atomic E-state index is 12.5. The highest BCUT2D eigenvalue weighted by Gasteiger charge is 2.15. The Morgan fingerprint density at radius 3 is 2.56 bits per heavy atom. The number of aromatic nitrogens is 3. The normalized spacial score (nSPS) is 10.9. The standard InChI is InChI=1S/C19H18ClN3OS/c1-12-4-5-13(2)16(10-12)17(24)11-25-19-22-21-18(23(19)3)14-6-8-15(20)9-7-14/h4-10H,11H2,1-3H3. The lowest BCUT2D eigenvalue weighted by Gasteiger charge is -2.06. The van der Waals surface area contributed by atoms with Gasteiger partial charge < -0.3 is 4.57 Å². The van der Waals surface area contributed by atoms with E-state index in [0.29, 0.717) is 15.9 Å². The van der Waals surface area contributed by atoms with E-state index in [0.717, 1.165) is 28.1 Å². The van der Waals surface area contributed by atoms with Crippen molar-refractivity contribution in [3.63, 3.8) is 0 Å². The molecule has 1 heterocycles. The van der Waals surface area contributed by atoms with E-state index >= 15 is 0 Å². The number of ketones is 1. The van der Waals surface area contributed by atoms with Gasteiger partial charge >= 0.3 is 0 Å². The minimum Gasteiger partial charge on any atom is -0.305 e. The van der Waals surface area contributed by atoms with Crippen LogP contribution in [-0.2, 0) is 7.05 Å². The average Bonchev–Trinajstić information content (AvgIpc) is 2.96. The summed E-state index contributed by atoms with van der Waals surface area (Å²) in [5.41, 5.74) is 3.79. The molecule has 0 aliphatic heterocycles. The maximum Gasteiger partial charge on any atom is 0.191 e. The third-order valence-electron chi connectivity index (χ3n) is 3.96. The number of halogens is 1. The molecular formula is C19H18ClN3OS. The van der Waals surface area contributed by atoms with Crippen LogP contribution in [0.5, 0.6) is 0 Å². The number of hydrogen-bond acceptors (Lipinski definition) is 4. The monoisotopic (exact) mass is 371 g/mol. The second-order valence-electron chi connectivity index (χ2n) is 5.90. The maximum absolute atomic E-state index is 12.5. The molecule has 0 radical (unpaired) electrons. The van der Waals surface area contributed by atoms with Gasteiger partial charge in [-0.1, -0.05) is 41.1 Å². The lowest BCUT2D eigenvalue weighted by Crippen LogP contribution is -2.06. The van der Waals surface area contributed by atoms with Gasteiger partial charge in [-0.05, 0) is 49.7 Å². The Bertz CT molecular complexity index is 919. The first-order valence-electron chi connectivity index (χ1n) is 7.84. The van der Waals surface area contributed by atoms with E-state index in [-0.39, 0.29) is 5.78 Å². The van der Waals surface area contributed by atoms with Gasteiger partial charge in [0.2, 0.25) is 0 Å². The Hall–Kier alpha value is -2.11. The molecule has 0 bridgehead atoms. The Kier molecular flexibility index (Phi) is 5.25. The number of benzene rings is 2. The van der Waals surface area contributed by atoms with Gasteiger partial charge in [0.15, 0.2) is 16.8 Å². The summed E-state index contributed by atoms with van der Waals surface area (Å²) in [5, 5.41) is 9.84. The molecular weight excluding hydrogens is 354 g/mol. The molecule has 0 spiro atoms. The minimum atomic E-state index is 0.0993. The molecule has 128 valence electrons. The molecule has 0 fully saturated rings. The summed E-state index contributed by atoms with van der Waals surface area (Å²) < 4.78 is 1.89. The second-order valence-corrected chi connectivity index (χ2v) is 7.28. The van der Waals surface area contributed by atoms with Crippen LogP contribution in [0.15, 0.2) is 47.6 Å². The van der Waals surface area contributed by atoms with E-state index in [1.807, 2.05) is 67.9 Å². The molecule has 0 amide bonds. The number of Topliss-reactive ketones (excluding diaryl/α,β-unsaturated/α-hetero) is 1. The van der Waals surface area contributed by atoms with Crippen LogP contribution in [0.3, 0.4) is 0 Å². The summed E-state index contributed by atoms with van der Waals surface area (Å²) >= 11 is 7.32. The largest absolute Gasteiger partial charge is 0.305 e. The highest BCUT2D eigenvalue weighted by molar-refractivity contribution is 7.99. The van der Waals surface area contributed by atoms with Crippen molar-refractivity contribution in [3.8, 4) is 11.4 Å². The summed E-state index contributed by atoms with van der Waals surface area (Å²) in [4.78, 5) is 12.5. The number of nitrogens with zero attached hydrogens (tertiary/aromatic N) is 3. The fourth-order valence-corrected chi connectivity index (χ4v) is 3.46. The van der Waals surface area contributed by atoms with Gasteiger partial charge in [-0.15, -0.1) is 10.2 Å². The molecule has 0 unspecified atom stereocenters. The molecule has 0 N–H and O–H groups in total. The first-order valence-corrected chi connectivity index (χ1v) is 9.20. The number of carbonyl (C=O) groups is 1. The van der Waals surface area contributed by atoms with Gasteiger partial charge in [-0.25, -0.2) is 0 Å². The Balaban J connectivity index is 1.75. The lowest BCUT2D eigenvalue weighted by molar-refractivity contribution is 0.102. The molecule has 0 saturated heterocycles. The zero-order chi connectivity index (χ0) is 18.0. The molecule has 0 aliphatic carbocycles. The first-order chi connectivity index (χ1) is 12.0. The SMILES string of the molecule is Cc1ccc(C)c(C(=O)CSc2nnc(-c3ccc(Cl)cc3)n2C)c1. The zero-order valence-electron chi connectivity index (χ0n) is 14.3. The minimum absolute atomic E-state index is 0.0993. The molecule has 25 heavy (non-hydrogen) atoms. The fraction of sp³-hybridized carbons (Fsp3) is 0.211. The number of rotatable bonds is 5. The second kappa shape index (κ2) is 7.42. The van der Waals surface area contributed by atoms with Crippen molar-refractivity contribution in [2.45, 2.75) is 19.0 Å². The van der Waals surface area contributed by atoms with Crippen molar-refractivity contribution in [2.24, 2.45) is 7.05 Å². The molecule has 3 aromatic rings. The smallest absolute Gasteiger partial charge is 0.191 e. The van der Waals surface area contributed by atoms with Crippen LogP contribution < -0.4 is 0 Å². The first kappa shape index (κ1) is 17.7. The van der Waals surface area contributed by atoms with E-state index in [1.165, 1.54) is 11.8 Å². The fourth-order valence-electron chi connectivity index (χ4n) is 2.54. The van der Waals surface area contributed by atoms with E-state index < -0.39 is 0 Å². The van der Waals surface area contributed by atoms with Gasteiger partial charge in [0, 0.05) is 23.2 Å². The number of thioether (sulfide) groups is 1. The molecule has 6 heteroatoms. The number of carbonyl (C=O) groups excluding carboxylic acids is 1. The van der Waals surface area contributed by atoms with E-state index in [4.69, 9.17) is 11.6 Å². The van der Waals surface area contributed by atoms with E-state index in [1.54, 1.807) is 0 Å². The van der Waals surface area contributed by atoms with Crippen LogP contribution in [0.25, 0.3) is 11.4 Å². The molecule has 0 atom stereocenters. The van der Waals surface area contributed by atoms with Crippen LogP contribution in [0.4, 0.5) is 0 Å². The summed E-state index contributed by atoms with van der Waals surface area (Å²) in [6.45, 7) is 3.95. The van der Waals surface area contributed by atoms with Crippen molar-refractivity contribution < 1.29 is 4.79 Å². The quantitative estimate of drug-likeness (QED) is 0.480. The summed E-state index contributed by atoms with van der Waals surface area (Å²) in [6, 6.07) is 13.4. The van der Waals surface area contributed by atoms with E-state index in [9.17, 15) is 4.79 Å². The Labute approximate surface area is 156 Å². The molecule has 3 rings (SSSR count). The van der Waals surface area contributed by atoms with Gasteiger partial charge in [0.05, 0.1) is 5.75 Å². The molecule has 0 aliphatic rings. The zero-order valence-corrected chi connectivity index (χ0v) is 15.9. The van der Waals surface area contributed by atoms with Gasteiger partial charge in [0.25, 0.3) is 0 Å². The van der Waals surface area contributed by atoms with Crippen LogP contribution >= 0.6 is 23.4 Å². The van der Waals surface area contributed by atoms with Crippen molar-refractivity contribution in [1.29, 1.82) is 0 Å². The predicted molar refractivity (Wildman–Crippen MR) is 102 cm³/mol. The average molecular weight is 372 g/mol. The number of aryl methyl sites for hydroxylation is 2. The van der Waals surface area contributed by atoms with Crippen LogP contribution in [-0.4, -0.2) is 26.3 Å². The number of hydrogen-bond donors (Lipinski definition) is 0. The third kappa shape index (κ3) is 3.94. The summed E-state index contributed by atoms with van der Waals surface area (Å²) in [7, 11) is 1.90. The third-order valence-corrected chi connectivity index (χ3v) is 5.24. The topological polar surface area (TPSA) is 47.8 Å². The Morgan fingerprint density at radius 1 is 1.12 bits per heavy atom. The highest BCUT2D eigenvalue weighted by Crippen LogP contribution is 2.25. The lowest BCUT2D eigenvalue weighted by atomic mass is 10.0. The van der Waals surface area contributed by atoms with Crippen LogP contribution in [0.2, 0.25) is 5.02 Å². The molecule has 2 aromatic carbocycles. The Morgan fingerprint density at radius 2 is 1.84 bits per heavy atom. The van der Waals surface area contributed by atoms with Crippen molar-refractivity contribution in [2.75, 3.05) is 5.75 Å². The van der Waals surface area contributed by atoms with Crippen LogP contribution in [0.1, 0.15) is 21.5 Å². The highest BCUT2D eigenvalue weighted by atomic mass is 35.5. The van der Waals surface area contributed by atoms with Crippen molar-refractivity contribution in [1.82, 2.24) is 14.8 Å². The van der Waals surface area contributed by atoms with Gasteiger partial charge in [-0.2, -0.15) is 0 Å². The molecule has 4 nitrogen and oxygen atoms in total. The van der Waals surface area contributed by atoms with Gasteiger partial charge in [0.1, 0.15) is 0 Å². The van der Waals surface area contributed by atoms with Gasteiger partial charge in [-0.3, -0.25) is 4.79 Å². The summed E-state index contributed by atoms with van der Waals surface area (Å²) in [5.74, 6) is 1.18. The van der Waals surface area contributed by atoms with Crippen LogP contribution in [0, 0.1) is 13.8 Å².